The van der Waals surface area contributed by atoms with E-state index in [0.29, 0.717) is 0 Å². The van der Waals surface area contributed by atoms with Crippen LogP contribution >= 0.6 is 0 Å². The van der Waals surface area contributed by atoms with Gasteiger partial charge in [-0.2, -0.15) is 5.10 Å². The summed E-state index contributed by atoms with van der Waals surface area (Å²) in [6, 6.07) is 12.5. The summed E-state index contributed by atoms with van der Waals surface area (Å²) in [7, 11) is 0. The molecule has 0 atom stereocenters. The smallest absolute Gasteiger partial charge is 0.301 e. The molecule has 0 spiro atoms. The predicted molar refractivity (Wildman–Crippen MR) is 103 cm³/mol. The summed E-state index contributed by atoms with van der Waals surface area (Å²) in [6.07, 6.45) is 3.32. The second-order valence-electron chi connectivity index (χ2n) is 6.13. The molecule has 140 valence electrons. The monoisotopic (exact) mass is 370 g/mol. The molecule has 2 N–H and O–H groups in total. The molecule has 9 heteroatoms. The van der Waals surface area contributed by atoms with Crippen molar-refractivity contribution in [1.82, 2.24) is 0 Å². The minimum absolute atomic E-state index is 0.0274. The zero-order valence-corrected chi connectivity index (χ0v) is 14.7. The molecule has 0 aliphatic heterocycles. The summed E-state index contributed by atoms with van der Waals surface area (Å²) in [5.74, 6) is 0. The van der Waals surface area contributed by atoms with E-state index in [4.69, 9.17) is 0 Å². The zero-order valence-electron chi connectivity index (χ0n) is 14.7. The second kappa shape index (κ2) is 8.19. The van der Waals surface area contributed by atoms with E-state index in [1.165, 1.54) is 19.9 Å². The Labute approximate surface area is 155 Å². The van der Waals surface area contributed by atoms with Gasteiger partial charge in [-0.05, 0) is 31.6 Å². The fourth-order valence-electron chi connectivity index (χ4n) is 2.12. The zero-order chi connectivity index (χ0) is 20.0. The van der Waals surface area contributed by atoms with Crippen molar-refractivity contribution in [3.63, 3.8) is 0 Å². The molecule has 0 saturated carbocycles. The van der Waals surface area contributed by atoms with Crippen LogP contribution in [0.3, 0.4) is 0 Å². The lowest BCUT2D eigenvalue weighted by Crippen LogP contribution is -2.30. The van der Waals surface area contributed by atoms with Crippen LogP contribution in [0.25, 0.3) is 6.08 Å². The van der Waals surface area contributed by atoms with Crippen LogP contribution in [0.15, 0.2) is 59.7 Å². The van der Waals surface area contributed by atoms with E-state index in [2.05, 4.69) is 10.5 Å². The van der Waals surface area contributed by atoms with E-state index in [1.807, 2.05) is 30.3 Å². The van der Waals surface area contributed by atoms with Gasteiger partial charge in [0.05, 0.1) is 21.6 Å². The van der Waals surface area contributed by atoms with Crippen molar-refractivity contribution >= 4 is 28.8 Å². The topological polar surface area (TPSA) is 131 Å². The molecule has 0 fully saturated rings. The highest BCUT2D eigenvalue weighted by Gasteiger charge is 2.22. The third-order valence-corrected chi connectivity index (χ3v) is 3.55. The number of non-ortho nitro benzene ring substituents is 1. The van der Waals surface area contributed by atoms with Gasteiger partial charge in [0.25, 0.3) is 5.69 Å². The third-order valence-electron chi connectivity index (χ3n) is 3.55. The van der Waals surface area contributed by atoms with Crippen LogP contribution in [-0.4, -0.2) is 26.3 Å². The van der Waals surface area contributed by atoms with Crippen LogP contribution in [0.2, 0.25) is 0 Å². The molecule has 0 aromatic heterocycles. The van der Waals surface area contributed by atoms with E-state index in [0.717, 1.165) is 17.7 Å². The van der Waals surface area contributed by atoms with E-state index in [-0.39, 0.29) is 11.4 Å². The van der Waals surface area contributed by atoms with Crippen molar-refractivity contribution in [2.24, 2.45) is 5.10 Å². The number of nitrogens with one attached hydrogen (secondary N) is 1. The van der Waals surface area contributed by atoms with Gasteiger partial charge in [0, 0.05) is 6.07 Å². The van der Waals surface area contributed by atoms with Crippen molar-refractivity contribution < 1.29 is 15.0 Å². The van der Waals surface area contributed by atoms with Gasteiger partial charge < -0.3 is 5.11 Å². The van der Waals surface area contributed by atoms with Gasteiger partial charge in [-0.15, -0.1) is 0 Å². The first kappa shape index (κ1) is 19.7. The molecule has 27 heavy (non-hydrogen) atoms. The molecule has 2 aromatic carbocycles. The fraction of sp³-hybridized carbons (Fsp3) is 0.167. The average molecular weight is 370 g/mol. The summed E-state index contributed by atoms with van der Waals surface area (Å²) >= 11 is 0. The Morgan fingerprint density at radius 3 is 2.33 bits per heavy atom. The molecular formula is C18H18N4O5. The number of rotatable bonds is 7. The SMILES string of the molecule is CC(C)(O)C(/C=C\c1ccccc1)=NNc1ccc([N+](=O)[O-])cc1[N+](=O)[O-]. The number of nitro benzene ring substituents is 2. The van der Waals surface area contributed by atoms with Crippen LogP contribution in [0.5, 0.6) is 0 Å². The predicted octanol–water partition coefficient (Wildman–Crippen LogP) is 3.76. The van der Waals surface area contributed by atoms with Crippen LogP contribution in [0.4, 0.5) is 17.1 Å². The summed E-state index contributed by atoms with van der Waals surface area (Å²) in [5.41, 5.74) is 1.38. The lowest BCUT2D eigenvalue weighted by atomic mass is 10.0. The molecule has 2 aromatic rings. The quantitative estimate of drug-likeness (QED) is 0.433. The summed E-state index contributed by atoms with van der Waals surface area (Å²) in [6.45, 7) is 3.04. The van der Waals surface area contributed by atoms with Gasteiger partial charge in [-0.3, -0.25) is 25.7 Å². The van der Waals surface area contributed by atoms with Gasteiger partial charge in [-0.1, -0.05) is 36.4 Å². The highest BCUT2D eigenvalue weighted by atomic mass is 16.6. The standard InChI is InChI=1S/C18H18N4O5/c1-18(2,23)17(11-8-13-6-4-3-5-7-13)20-19-15-10-9-14(21(24)25)12-16(15)22(26)27/h3-12,19,23H,1-2H3/b11-8-,20-17?. The Bertz CT molecular complexity index is 902. The molecule has 0 amide bonds. The van der Waals surface area contributed by atoms with E-state index in [1.54, 1.807) is 12.2 Å². The van der Waals surface area contributed by atoms with Crippen LogP contribution in [-0.2, 0) is 0 Å². The molecule has 0 aliphatic carbocycles. The Kier molecular flexibility index (Phi) is 5.99. The third kappa shape index (κ3) is 5.44. The molecule has 2 rings (SSSR count). The fourth-order valence-corrected chi connectivity index (χ4v) is 2.12. The Hall–Kier alpha value is -3.59. The molecule has 0 bridgehead atoms. The first-order valence-corrected chi connectivity index (χ1v) is 7.91. The lowest BCUT2D eigenvalue weighted by molar-refractivity contribution is -0.393. The Morgan fingerprint density at radius 1 is 1.11 bits per heavy atom. The molecular weight excluding hydrogens is 352 g/mol. The molecule has 0 unspecified atom stereocenters. The normalized spacial score (nSPS) is 12.2. The van der Waals surface area contributed by atoms with Crippen LogP contribution in [0, 0.1) is 20.2 Å². The average Bonchev–Trinajstić information content (AvgIpc) is 2.61. The minimum atomic E-state index is -1.33. The Morgan fingerprint density at radius 2 is 1.78 bits per heavy atom. The van der Waals surface area contributed by atoms with E-state index in [9.17, 15) is 25.3 Å². The molecule has 9 nitrogen and oxygen atoms in total. The van der Waals surface area contributed by atoms with Crippen molar-refractivity contribution in [1.29, 1.82) is 0 Å². The first-order valence-electron chi connectivity index (χ1n) is 7.91. The van der Waals surface area contributed by atoms with Crippen LogP contribution < -0.4 is 5.43 Å². The molecule has 0 heterocycles. The number of hydrazone groups is 1. The number of benzene rings is 2. The highest BCUT2D eigenvalue weighted by molar-refractivity contribution is 6.04. The van der Waals surface area contributed by atoms with Gasteiger partial charge in [-0.25, -0.2) is 0 Å². The molecule has 0 aliphatic rings. The van der Waals surface area contributed by atoms with Crippen molar-refractivity contribution in [2.75, 3.05) is 5.43 Å². The maximum absolute atomic E-state index is 11.2. The highest BCUT2D eigenvalue weighted by Crippen LogP contribution is 2.29. The second-order valence-corrected chi connectivity index (χ2v) is 6.13. The van der Waals surface area contributed by atoms with Gasteiger partial charge in [0.15, 0.2) is 0 Å². The Balaban J connectivity index is 2.35. The minimum Gasteiger partial charge on any atom is -0.384 e. The van der Waals surface area contributed by atoms with E-state index >= 15 is 0 Å². The first-order chi connectivity index (χ1) is 12.7. The van der Waals surface area contributed by atoms with Gasteiger partial charge in [0.2, 0.25) is 0 Å². The van der Waals surface area contributed by atoms with E-state index < -0.39 is 26.8 Å². The van der Waals surface area contributed by atoms with Crippen molar-refractivity contribution in [3.8, 4) is 0 Å². The summed E-state index contributed by atoms with van der Waals surface area (Å²) < 4.78 is 0. The largest absolute Gasteiger partial charge is 0.384 e. The molecule has 0 saturated heterocycles. The van der Waals surface area contributed by atoms with Crippen molar-refractivity contribution in [2.45, 2.75) is 19.4 Å². The maximum Gasteiger partial charge on any atom is 0.301 e. The number of aliphatic hydroxyl groups is 1. The van der Waals surface area contributed by atoms with Crippen LogP contribution in [0.1, 0.15) is 19.4 Å². The number of anilines is 1. The lowest BCUT2D eigenvalue weighted by Gasteiger charge is -2.17. The number of nitrogens with zero attached hydrogens (tertiary/aromatic N) is 3. The van der Waals surface area contributed by atoms with Crippen molar-refractivity contribution in [3.05, 3.63) is 80.4 Å². The number of hydrogen-bond donors (Lipinski definition) is 2. The number of nitro groups is 2. The maximum atomic E-state index is 11.2. The summed E-state index contributed by atoms with van der Waals surface area (Å²) in [4.78, 5) is 20.5. The van der Waals surface area contributed by atoms with Gasteiger partial charge in [0.1, 0.15) is 11.3 Å². The van der Waals surface area contributed by atoms with Gasteiger partial charge >= 0.3 is 5.69 Å². The number of hydrogen-bond acceptors (Lipinski definition) is 7. The molecule has 0 radical (unpaired) electrons. The summed E-state index contributed by atoms with van der Waals surface area (Å²) in [5, 5.41) is 36.3.